The summed E-state index contributed by atoms with van der Waals surface area (Å²) < 4.78 is 4.56. The molecule has 2 rings (SSSR count). The van der Waals surface area contributed by atoms with E-state index in [0.717, 1.165) is 10.5 Å². The molecule has 1 aromatic carbocycles. The summed E-state index contributed by atoms with van der Waals surface area (Å²) in [6.45, 7) is 0.0317. The number of amides is 3. The topological polar surface area (TPSA) is 75.7 Å². The maximum absolute atomic E-state index is 11.8. The molecule has 1 heterocycles. The van der Waals surface area contributed by atoms with Crippen LogP contribution in [0.3, 0.4) is 0 Å². The van der Waals surface area contributed by atoms with Gasteiger partial charge in [-0.25, -0.2) is 9.69 Å². The summed E-state index contributed by atoms with van der Waals surface area (Å²) in [4.78, 5) is 35.2. The maximum Gasteiger partial charge on any atom is 0.417 e. The van der Waals surface area contributed by atoms with Gasteiger partial charge < -0.3 is 10.1 Å². The Labute approximate surface area is 137 Å². The number of ether oxygens (including phenoxy) is 1. The molecule has 22 heavy (non-hydrogen) atoms. The molecule has 3 amide bonds. The molecule has 1 N–H and O–H groups in total. The molecular formula is C14H14Cl2N2O4. The number of hydrogen-bond acceptors (Lipinski definition) is 4. The van der Waals surface area contributed by atoms with Crippen LogP contribution < -0.4 is 5.32 Å². The van der Waals surface area contributed by atoms with E-state index in [2.05, 4.69) is 10.1 Å². The number of rotatable bonds is 6. The predicted molar refractivity (Wildman–Crippen MR) is 80.9 cm³/mol. The lowest BCUT2D eigenvalue weighted by Crippen LogP contribution is -2.37. The minimum absolute atomic E-state index is 0.0935. The van der Waals surface area contributed by atoms with Crippen LogP contribution >= 0.6 is 23.2 Å². The van der Waals surface area contributed by atoms with Crippen LogP contribution in [0, 0.1) is 0 Å². The van der Waals surface area contributed by atoms with Crippen molar-refractivity contribution in [3.63, 3.8) is 0 Å². The zero-order chi connectivity index (χ0) is 16.1. The van der Waals surface area contributed by atoms with Crippen molar-refractivity contribution in [2.24, 2.45) is 0 Å². The minimum atomic E-state index is -0.679. The molecule has 0 aromatic heterocycles. The fourth-order valence-corrected chi connectivity index (χ4v) is 2.59. The first-order valence-corrected chi connectivity index (χ1v) is 7.41. The Morgan fingerprint density at radius 3 is 2.55 bits per heavy atom. The second-order valence-electron chi connectivity index (χ2n) is 4.65. The minimum Gasteiger partial charge on any atom is -0.439 e. The van der Waals surface area contributed by atoms with E-state index in [0.29, 0.717) is 16.5 Å². The van der Waals surface area contributed by atoms with Crippen LogP contribution in [0.15, 0.2) is 18.2 Å². The van der Waals surface area contributed by atoms with E-state index in [1.807, 2.05) is 0 Å². The van der Waals surface area contributed by atoms with Crippen molar-refractivity contribution in [2.45, 2.75) is 12.8 Å². The Balaban J connectivity index is 1.74. The van der Waals surface area contributed by atoms with Crippen LogP contribution in [0.2, 0.25) is 10.0 Å². The van der Waals surface area contributed by atoms with Gasteiger partial charge in [0.1, 0.15) is 0 Å². The average molecular weight is 345 g/mol. The largest absolute Gasteiger partial charge is 0.439 e. The molecule has 1 saturated heterocycles. The van der Waals surface area contributed by atoms with Gasteiger partial charge in [-0.3, -0.25) is 9.59 Å². The summed E-state index contributed by atoms with van der Waals surface area (Å²) in [5, 5.41) is 3.67. The Kier molecular flexibility index (Phi) is 5.63. The van der Waals surface area contributed by atoms with Crippen molar-refractivity contribution in [1.29, 1.82) is 0 Å². The van der Waals surface area contributed by atoms with Gasteiger partial charge >= 0.3 is 6.09 Å². The molecule has 1 fully saturated rings. The van der Waals surface area contributed by atoms with Crippen molar-refractivity contribution in [3.8, 4) is 0 Å². The monoisotopic (exact) mass is 344 g/mol. The van der Waals surface area contributed by atoms with Crippen molar-refractivity contribution >= 4 is 41.1 Å². The highest BCUT2D eigenvalue weighted by atomic mass is 35.5. The van der Waals surface area contributed by atoms with Crippen LogP contribution in [0.25, 0.3) is 0 Å². The lowest BCUT2D eigenvalue weighted by molar-refractivity contribution is -0.126. The van der Waals surface area contributed by atoms with E-state index in [9.17, 15) is 14.4 Å². The molecular weight excluding hydrogens is 331 g/mol. The van der Waals surface area contributed by atoms with Gasteiger partial charge in [-0.15, -0.1) is 0 Å². The van der Waals surface area contributed by atoms with Gasteiger partial charge in [0.2, 0.25) is 5.91 Å². The number of hydrogen-bond donors (Lipinski definition) is 1. The van der Waals surface area contributed by atoms with Crippen molar-refractivity contribution in [3.05, 3.63) is 33.8 Å². The lowest BCUT2D eigenvalue weighted by atomic mass is 10.1. The van der Waals surface area contributed by atoms with E-state index < -0.39 is 12.0 Å². The van der Waals surface area contributed by atoms with E-state index in [-0.39, 0.29) is 32.0 Å². The van der Waals surface area contributed by atoms with Crippen LogP contribution in [-0.2, 0) is 20.7 Å². The van der Waals surface area contributed by atoms with Gasteiger partial charge in [0, 0.05) is 29.6 Å². The summed E-state index contributed by atoms with van der Waals surface area (Å²) in [5.41, 5.74) is 0.722. The second-order valence-corrected chi connectivity index (χ2v) is 5.46. The second kappa shape index (κ2) is 7.47. The van der Waals surface area contributed by atoms with Gasteiger partial charge in [0.15, 0.2) is 6.61 Å². The number of cyclic esters (lactones) is 1. The average Bonchev–Trinajstić information content (AvgIpc) is 2.78. The molecule has 0 radical (unpaired) electrons. The van der Waals surface area contributed by atoms with E-state index in [1.165, 1.54) is 0 Å². The summed E-state index contributed by atoms with van der Waals surface area (Å²) in [6.07, 6.45) is -0.0567. The molecule has 1 aliphatic rings. The van der Waals surface area contributed by atoms with Gasteiger partial charge in [-0.1, -0.05) is 29.3 Å². The Hall–Kier alpha value is -1.79. The molecule has 118 valence electrons. The third-order valence-corrected chi connectivity index (χ3v) is 3.87. The van der Waals surface area contributed by atoms with E-state index in [4.69, 9.17) is 23.2 Å². The third-order valence-electron chi connectivity index (χ3n) is 3.16. The van der Waals surface area contributed by atoms with Crippen molar-refractivity contribution in [1.82, 2.24) is 10.2 Å². The van der Waals surface area contributed by atoms with Crippen LogP contribution in [0.1, 0.15) is 12.0 Å². The molecule has 1 aromatic rings. The van der Waals surface area contributed by atoms with E-state index >= 15 is 0 Å². The number of carbonyl (C=O) groups is 3. The summed E-state index contributed by atoms with van der Waals surface area (Å²) in [7, 11) is 0. The van der Waals surface area contributed by atoms with Gasteiger partial charge in [-0.05, 0) is 24.1 Å². The zero-order valence-electron chi connectivity index (χ0n) is 11.6. The molecule has 0 atom stereocenters. The molecule has 0 aliphatic carbocycles. The highest BCUT2D eigenvalue weighted by molar-refractivity contribution is 6.36. The van der Waals surface area contributed by atoms with Crippen LogP contribution in [-0.4, -0.2) is 42.5 Å². The zero-order valence-corrected chi connectivity index (χ0v) is 13.1. The van der Waals surface area contributed by atoms with Crippen LogP contribution in [0.5, 0.6) is 0 Å². The van der Waals surface area contributed by atoms with Gasteiger partial charge in [0.25, 0.3) is 5.91 Å². The first-order valence-electron chi connectivity index (χ1n) is 6.65. The first kappa shape index (κ1) is 16.6. The molecule has 1 aliphatic heterocycles. The SMILES string of the molecule is O=C(CCc1c(Cl)cccc1Cl)NCCN1C(=O)COC1=O. The van der Waals surface area contributed by atoms with E-state index in [1.54, 1.807) is 18.2 Å². The number of benzene rings is 1. The van der Waals surface area contributed by atoms with Crippen LogP contribution in [0.4, 0.5) is 4.79 Å². The maximum atomic E-state index is 11.8. The molecule has 8 heteroatoms. The number of nitrogens with one attached hydrogen (secondary N) is 1. The van der Waals surface area contributed by atoms with Gasteiger partial charge in [0.05, 0.1) is 0 Å². The molecule has 0 bridgehead atoms. The summed E-state index contributed by atoms with van der Waals surface area (Å²) in [5.74, 6) is -0.613. The number of nitrogens with zero attached hydrogens (tertiary/aromatic N) is 1. The number of halogens is 2. The number of imide groups is 1. The standard InChI is InChI=1S/C14H14Cl2N2O4/c15-10-2-1-3-11(16)9(10)4-5-12(19)17-6-7-18-13(20)8-22-14(18)21/h1-3H,4-8H2,(H,17,19). The Morgan fingerprint density at radius 1 is 1.27 bits per heavy atom. The predicted octanol–water partition coefficient (Wildman–Crippen LogP) is 2.02. The Bertz CT molecular complexity index is 570. The third kappa shape index (κ3) is 4.11. The highest BCUT2D eigenvalue weighted by Crippen LogP contribution is 2.25. The summed E-state index contributed by atoms with van der Waals surface area (Å²) in [6, 6.07) is 5.16. The number of carbonyl (C=O) groups excluding carboxylic acids is 3. The lowest BCUT2D eigenvalue weighted by Gasteiger charge is -2.11. The first-order chi connectivity index (χ1) is 10.5. The Morgan fingerprint density at radius 2 is 1.95 bits per heavy atom. The molecule has 6 nitrogen and oxygen atoms in total. The summed E-state index contributed by atoms with van der Waals surface area (Å²) >= 11 is 12.0. The van der Waals surface area contributed by atoms with Crippen molar-refractivity contribution < 1.29 is 19.1 Å². The fraction of sp³-hybridized carbons (Fsp3) is 0.357. The van der Waals surface area contributed by atoms with Gasteiger partial charge in [-0.2, -0.15) is 0 Å². The molecule has 0 saturated carbocycles. The highest BCUT2D eigenvalue weighted by Gasteiger charge is 2.30. The smallest absolute Gasteiger partial charge is 0.417 e. The van der Waals surface area contributed by atoms with Crippen molar-refractivity contribution in [2.75, 3.05) is 19.7 Å². The molecule has 0 unspecified atom stereocenters. The normalized spacial score (nSPS) is 14.2. The molecule has 0 spiro atoms. The fourth-order valence-electron chi connectivity index (χ4n) is 2.00. The quantitative estimate of drug-likeness (QED) is 0.856.